The molecule has 3 nitrogen and oxygen atoms in total. The maximum atomic E-state index is 5.75. The summed E-state index contributed by atoms with van der Waals surface area (Å²) in [6.07, 6.45) is 4.52. The van der Waals surface area contributed by atoms with E-state index in [-0.39, 0.29) is 6.10 Å². The zero-order chi connectivity index (χ0) is 15.2. The van der Waals surface area contributed by atoms with Gasteiger partial charge < -0.3 is 14.6 Å². The van der Waals surface area contributed by atoms with Crippen LogP contribution in [0.1, 0.15) is 44.9 Å². The number of aryl methyl sites for hydroxylation is 1. The number of benzene rings is 1. The van der Waals surface area contributed by atoms with Crippen molar-refractivity contribution in [3.05, 3.63) is 53.9 Å². The van der Waals surface area contributed by atoms with Crippen molar-refractivity contribution in [2.45, 2.75) is 52.9 Å². The number of ether oxygens (including phenoxy) is 1. The van der Waals surface area contributed by atoms with Crippen molar-refractivity contribution in [3.63, 3.8) is 0 Å². The fraction of sp³-hybridized carbons (Fsp3) is 0.444. The molecule has 0 saturated carbocycles. The highest BCUT2D eigenvalue weighted by atomic mass is 16.5. The van der Waals surface area contributed by atoms with Gasteiger partial charge in [0.25, 0.3) is 0 Å². The highest BCUT2D eigenvalue weighted by molar-refractivity contribution is 5.30. The van der Waals surface area contributed by atoms with Crippen molar-refractivity contribution >= 4 is 0 Å². The Hall–Kier alpha value is -1.74. The molecule has 0 saturated heterocycles. The Morgan fingerprint density at radius 3 is 2.67 bits per heavy atom. The molecule has 0 bridgehead atoms. The third kappa shape index (κ3) is 4.64. The molecule has 1 aromatic heterocycles. The molecule has 0 fully saturated rings. The van der Waals surface area contributed by atoms with Crippen molar-refractivity contribution in [2.24, 2.45) is 0 Å². The van der Waals surface area contributed by atoms with Crippen LogP contribution in [0.4, 0.5) is 0 Å². The first-order chi connectivity index (χ1) is 10.1. The lowest BCUT2D eigenvalue weighted by molar-refractivity contribution is 0.242. The van der Waals surface area contributed by atoms with Gasteiger partial charge in [-0.2, -0.15) is 0 Å². The molecule has 1 aromatic carbocycles. The van der Waals surface area contributed by atoms with Crippen LogP contribution >= 0.6 is 0 Å². The Kier molecular flexibility index (Phi) is 5.45. The number of hydrogen-bond acceptors (Lipinski definition) is 2. The Labute approximate surface area is 127 Å². The zero-order valence-corrected chi connectivity index (χ0v) is 13.5. The smallest absolute Gasteiger partial charge is 0.120 e. The van der Waals surface area contributed by atoms with Crippen LogP contribution in [-0.4, -0.2) is 10.7 Å². The number of nitrogens with zero attached hydrogens (tertiary/aromatic N) is 1. The molecule has 0 amide bonds. The monoisotopic (exact) mass is 286 g/mol. The number of nitrogens with one attached hydrogen (secondary N) is 1. The minimum Gasteiger partial charge on any atom is -0.491 e. The quantitative estimate of drug-likeness (QED) is 0.827. The molecule has 2 rings (SSSR count). The van der Waals surface area contributed by atoms with Gasteiger partial charge >= 0.3 is 0 Å². The lowest BCUT2D eigenvalue weighted by Crippen LogP contribution is -2.18. The third-order valence-electron chi connectivity index (χ3n) is 3.52. The van der Waals surface area contributed by atoms with E-state index < -0.39 is 0 Å². The summed E-state index contributed by atoms with van der Waals surface area (Å²) in [6.45, 7) is 10.3. The van der Waals surface area contributed by atoms with E-state index in [1.807, 2.05) is 19.9 Å². The summed E-state index contributed by atoms with van der Waals surface area (Å²) >= 11 is 0. The van der Waals surface area contributed by atoms with E-state index in [1.165, 1.54) is 11.1 Å². The van der Waals surface area contributed by atoms with Gasteiger partial charge in [-0.15, -0.1) is 0 Å². The van der Waals surface area contributed by atoms with Crippen molar-refractivity contribution in [1.82, 2.24) is 9.88 Å². The van der Waals surface area contributed by atoms with Gasteiger partial charge in [0.1, 0.15) is 5.75 Å². The van der Waals surface area contributed by atoms with Crippen molar-refractivity contribution in [3.8, 4) is 5.75 Å². The van der Waals surface area contributed by atoms with Crippen LogP contribution < -0.4 is 10.1 Å². The van der Waals surface area contributed by atoms with Gasteiger partial charge in [-0.3, -0.25) is 0 Å². The van der Waals surface area contributed by atoms with E-state index >= 15 is 0 Å². The summed E-state index contributed by atoms with van der Waals surface area (Å²) in [6, 6.07) is 10.8. The van der Waals surface area contributed by atoms with Crippen LogP contribution in [0.25, 0.3) is 0 Å². The first kappa shape index (κ1) is 15.6. The average Bonchev–Trinajstić information content (AvgIpc) is 2.92. The Morgan fingerprint density at radius 1 is 1.19 bits per heavy atom. The van der Waals surface area contributed by atoms with Gasteiger partial charge in [-0.1, -0.05) is 12.1 Å². The molecule has 1 unspecified atom stereocenters. The summed E-state index contributed by atoms with van der Waals surface area (Å²) in [7, 11) is 0. The van der Waals surface area contributed by atoms with Crippen LogP contribution in [0.15, 0.2) is 42.7 Å². The van der Waals surface area contributed by atoms with E-state index in [0.717, 1.165) is 18.8 Å². The van der Waals surface area contributed by atoms with Gasteiger partial charge in [0.05, 0.1) is 6.10 Å². The molecule has 21 heavy (non-hydrogen) atoms. The molecular weight excluding hydrogens is 260 g/mol. The minimum absolute atomic E-state index is 0.206. The summed E-state index contributed by atoms with van der Waals surface area (Å²) < 4.78 is 7.95. The van der Waals surface area contributed by atoms with Crippen LogP contribution in [0.5, 0.6) is 5.75 Å². The van der Waals surface area contributed by atoms with Crippen LogP contribution in [0, 0.1) is 0 Å². The predicted octanol–water partition coefficient (Wildman–Crippen LogP) is 4.15. The third-order valence-corrected chi connectivity index (χ3v) is 3.52. The molecule has 0 aliphatic rings. The molecule has 1 atom stereocenters. The average molecular weight is 286 g/mol. The molecule has 0 aliphatic heterocycles. The molecule has 0 spiro atoms. The normalized spacial score (nSPS) is 12.6. The Morgan fingerprint density at radius 2 is 2.00 bits per heavy atom. The van der Waals surface area contributed by atoms with Gasteiger partial charge in [0.2, 0.25) is 0 Å². The van der Waals surface area contributed by atoms with Crippen molar-refractivity contribution in [1.29, 1.82) is 0 Å². The summed E-state index contributed by atoms with van der Waals surface area (Å²) in [5.41, 5.74) is 2.57. The van der Waals surface area contributed by atoms with E-state index in [9.17, 15) is 0 Å². The number of rotatable bonds is 7. The molecule has 0 aliphatic carbocycles. The topological polar surface area (TPSA) is 26.2 Å². The standard InChI is InChI=1S/C18H26N2O/c1-5-20-10-9-16(13-20)12-19-15(4)17-7-6-8-18(11-17)21-14(2)3/h6-11,13-15,19H,5,12H2,1-4H3. The summed E-state index contributed by atoms with van der Waals surface area (Å²) in [5.74, 6) is 0.938. The van der Waals surface area contributed by atoms with Crippen molar-refractivity contribution in [2.75, 3.05) is 0 Å². The highest BCUT2D eigenvalue weighted by Gasteiger charge is 2.07. The van der Waals surface area contributed by atoms with Crippen molar-refractivity contribution < 1.29 is 4.74 Å². The second-order valence-electron chi connectivity index (χ2n) is 5.69. The number of hydrogen-bond donors (Lipinski definition) is 1. The SMILES string of the molecule is CCn1ccc(CNC(C)c2cccc(OC(C)C)c2)c1. The lowest BCUT2D eigenvalue weighted by Gasteiger charge is -2.16. The molecule has 1 heterocycles. The first-order valence-corrected chi connectivity index (χ1v) is 7.73. The largest absolute Gasteiger partial charge is 0.491 e. The molecule has 0 radical (unpaired) electrons. The molecule has 2 aromatic rings. The van der Waals surface area contributed by atoms with Crippen LogP contribution in [-0.2, 0) is 13.1 Å². The minimum atomic E-state index is 0.206. The lowest BCUT2D eigenvalue weighted by atomic mass is 10.1. The Bertz CT molecular complexity index is 560. The van der Waals surface area contributed by atoms with Crippen LogP contribution in [0.3, 0.4) is 0 Å². The first-order valence-electron chi connectivity index (χ1n) is 7.73. The second-order valence-corrected chi connectivity index (χ2v) is 5.69. The van der Waals surface area contributed by atoms with E-state index in [0.29, 0.717) is 6.04 Å². The molecule has 1 N–H and O–H groups in total. The maximum Gasteiger partial charge on any atom is 0.120 e. The number of aromatic nitrogens is 1. The van der Waals surface area contributed by atoms with Gasteiger partial charge in [-0.05, 0) is 57.0 Å². The predicted molar refractivity (Wildman–Crippen MR) is 87.6 cm³/mol. The van der Waals surface area contributed by atoms with E-state index in [1.54, 1.807) is 0 Å². The van der Waals surface area contributed by atoms with Gasteiger partial charge in [0, 0.05) is 31.5 Å². The van der Waals surface area contributed by atoms with Crippen LogP contribution in [0.2, 0.25) is 0 Å². The fourth-order valence-electron chi connectivity index (χ4n) is 2.31. The van der Waals surface area contributed by atoms with E-state index in [2.05, 4.69) is 60.4 Å². The fourth-order valence-corrected chi connectivity index (χ4v) is 2.31. The zero-order valence-electron chi connectivity index (χ0n) is 13.5. The highest BCUT2D eigenvalue weighted by Crippen LogP contribution is 2.20. The summed E-state index contributed by atoms with van der Waals surface area (Å²) in [4.78, 5) is 0. The molecule has 3 heteroatoms. The molecular formula is C18H26N2O. The van der Waals surface area contributed by atoms with Gasteiger partial charge in [0.15, 0.2) is 0 Å². The van der Waals surface area contributed by atoms with Gasteiger partial charge in [-0.25, -0.2) is 0 Å². The molecule has 114 valence electrons. The summed E-state index contributed by atoms with van der Waals surface area (Å²) in [5, 5.41) is 3.56. The Balaban J connectivity index is 1.94. The van der Waals surface area contributed by atoms with E-state index in [4.69, 9.17) is 4.74 Å². The second kappa shape index (κ2) is 7.32. The maximum absolute atomic E-state index is 5.75.